The lowest BCUT2D eigenvalue weighted by atomic mass is 9.90. The highest BCUT2D eigenvalue weighted by Gasteiger charge is 2.36. The van der Waals surface area contributed by atoms with Gasteiger partial charge in [-0.25, -0.2) is 0 Å². The van der Waals surface area contributed by atoms with Crippen LogP contribution < -0.4 is 10.6 Å². The second kappa shape index (κ2) is 7.84. The van der Waals surface area contributed by atoms with Crippen LogP contribution in [0.1, 0.15) is 36.7 Å². The first kappa shape index (κ1) is 21.1. The Morgan fingerprint density at radius 3 is 1.50 bits per heavy atom. The van der Waals surface area contributed by atoms with Crippen LogP contribution in [0.15, 0.2) is 48.5 Å². The zero-order valence-corrected chi connectivity index (χ0v) is 15.5. The molecule has 0 aromatic heterocycles. The van der Waals surface area contributed by atoms with Gasteiger partial charge in [-0.15, -0.1) is 0 Å². The molecule has 2 aromatic carbocycles. The molecule has 5 nitrogen and oxygen atoms in total. The molecule has 2 aromatic rings. The number of ketones is 1. The summed E-state index contributed by atoms with van der Waals surface area (Å²) in [4.78, 5) is 36.2. The van der Waals surface area contributed by atoms with E-state index in [1.165, 1.54) is 20.8 Å². The maximum absolute atomic E-state index is 12.6. The topological polar surface area (TPSA) is 75.3 Å². The van der Waals surface area contributed by atoms with Crippen LogP contribution in [0.5, 0.6) is 0 Å². The smallest absolute Gasteiger partial charge is 0.325 e. The highest BCUT2D eigenvalue weighted by Crippen LogP contribution is 2.30. The number of rotatable bonds is 5. The largest absolute Gasteiger partial charge is 0.416 e. The van der Waals surface area contributed by atoms with Gasteiger partial charge >= 0.3 is 6.18 Å². The number of Topliss-reactive ketones (excluding diaryl/α,β-unsaturated/α-hetero) is 1. The summed E-state index contributed by atoms with van der Waals surface area (Å²) in [6.07, 6.45) is -4.47. The highest BCUT2D eigenvalue weighted by molar-refractivity contribution is 6.14. The molecule has 0 aliphatic carbocycles. The zero-order chi connectivity index (χ0) is 21.1. The maximum Gasteiger partial charge on any atom is 0.416 e. The third kappa shape index (κ3) is 4.97. The van der Waals surface area contributed by atoms with Crippen molar-refractivity contribution in [3.05, 3.63) is 59.7 Å². The Balaban J connectivity index is 2.06. The van der Waals surface area contributed by atoms with Crippen molar-refractivity contribution in [1.29, 1.82) is 0 Å². The van der Waals surface area contributed by atoms with Gasteiger partial charge in [0.05, 0.1) is 5.56 Å². The van der Waals surface area contributed by atoms with E-state index in [-0.39, 0.29) is 11.5 Å². The molecule has 8 heteroatoms. The number of carbonyl (C=O) groups is 3. The molecule has 0 atom stereocenters. The van der Waals surface area contributed by atoms with Gasteiger partial charge in [0.15, 0.2) is 5.78 Å². The van der Waals surface area contributed by atoms with Crippen LogP contribution in [-0.2, 0) is 15.8 Å². The normalized spacial score (nSPS) is 11.6. The lowest BCUT2D eigenvalue weighted by Crippen LogP contribution is -2.41. The number of hydrogen-bond acceptors (Lipinski definition) is 3. The molecule has 2 N–H and O–H groups in total. The lowest BCUT2D eigenvalue weighted by molar-refractivity contribution is -0.137. The molecule has 148 valence electrons. The quantitative estimate of drug-likeness (QED) is 0.581. The number of benzene rings is 2. The van der Waals surface area contributed by atoms with Crippen molar-refractivity contribution in [3.63, 3.8) is 0 Å². The van der Waals surface area contributed by atoms with Crippen molar-refractivity contribution < 1.29 is 27.6 Å². The van der Waals surface area contributed by atoms with Gasteiger partial charge in [0.1, 0.15) is 5.41 Å². The Kier molecular flexibility index (Phi) is 5.92. The lowest BCUT2D eigenvalue weighted by Gasteiger charge is -2.23. The first-order valence-corrected chi connectivity index (χ1v) is 8.32. The third-order valence-electron chi connectivity index (χ3n) is 4.15. The summed E-state index contributed by atoms with van der Waals surface area (Å²) in [6.45, 7) is 4.21. The fourth-order valence-electron chi connectivity index (χ4n) is 2.21. The van der Waals surface area contributed by atoms with E-state index in [9.17, 15) is 27.6 Å². The molecule has 2 rings (SSSR count). The van der Waals surface area contributed by atoms with E-state index in [4.69, 9.17) is 0 Å². The molecule has 0 heterocycles. The van der Waals surface area contributed by atoms with Gasteiger partial charge in [-0.1, -0.05) is 0 Å². The minimum atomic E-state index is -4.47. The van der Waals surface area contributed by atoms with Gasteiger partial charge in [0.25, 0.3) is 0 Å². The minimum absolute atomic E-state index is 0.117. The summed E-state index contributed by atoms with van der Waals surface area (Å²) in [7, 11) is 0. The molecular formula is C20H19F3N2O3. The van der Waals surface area contributed by atoms with Crippen LogP contribution in [0.4, 0.5) is 24.5 Å². The molecule has 2 amide bonds. The van der Waals surface area contributed by atoms with E-state index < -0.39 is 29.0 Å². The van der Waals surface area contributed by atoms with E-state index in [1.54, 1.807) is 24.3 Å². The number of nitrogens with one attached hydrogen (secondary N) is 2. The van der Waals surface area contributed by atoms with Gasteiger partial charge in [-0.3, -0.25) is 14.4 Å². The second-order valence-corrected chi connectivity index (χ2v) is 6.74. The summed E-state index contributed by atoms with van der Waals surface area (Å²) < 4.78 is 37.8. The van der Waals surface area contributed by atoms with Crippen molar-refractivity contribution >= 4 is 29.0 Å². The molecule has 0 spiro atoms. The predicted molar refractivity (Wildman–Crippen MR) is 98.9 cm³/mol. The van der Waals surface area contributed by atoms with E-state index >= 15 is 0 Å². The van der Waals surface area contributed by atoms with Crippen LogP contribution in [0, 0.1) is 5.41 Å². The van der Waals surface area contributed by atoms with Crippen molar-refractivity contribution in [1.82, 2.24) is 0 Å². The molecule has 0 bridgehead atoms. The van der Waals surface area contributed by atoms with Crippen molar-refractivity contribution in [3.8, 4) is 0 Å². The van der Waals surface area contributed by atoms with Crippen LogP contribution >= 0.6 is 0 Å². The summed E-state index contributed by atoms with van der Waals surface area (Å²) in [6, 6.07) is 10.1. The first-order valence-electron chi connectivity index (χ1n) is 8.32. The van der Waals surface area contributed by atoms with E-state index in [1.807, 2.05) is 0 Å². The molecule has 0 aliphatic rings. The number of halogens is 3. The maximum atomic E-state index is 12.6. The minimum Gasteiger partial charge on any atom is -0.325 e. The van der Waals surface area contributed by atoms with E-state index in [2.05, 4.69) is 10.6 Å². The molecule has 0 aliphatic heterocycles. The Morgan fingerprint density at radius 1 is 0.750 bits per heavy atom. The van der Waals surface area contributed by atoms with Gasteiger partial charge in [0, 0.05) is 16.9 Å². The van der Waals surface area contributed by atoms with Gasteiger partial charge in [-0.05, 0) is 69.3 Å². The SMILES string of the molecule is CC(=O)c1ccc(NC(=O)C(C)(C)C(=O)Nc2ccc(C(F)(F)F)cc2)cc1. The standard InChI is InChI=1S/C20H19F3N2O3/c1-12(26)13-4-8-15(9-5-13)24-17(27)19(2,3)18(28)25-16-10-6-14(7-11-16)20(21,22)23/h4-11H,1-3H3,(H,24,27)(H,25,28). The van der Waals surface area contributed by atoms with Crippen LogP contribution in [-0.4, -0.2) is 17.6 Å². The Labute approximate surface area is 159 Å². The molecule has 28 heavy (non-hydrogen) atoms. The average molecular weight is 392 g/mol. The number of alkyl halides is 3. The monoisotopic (exact) mass is 392 g/mol. The number of amides is 2. The van der Waals surface area contributed by atoms with Crippen LogP contribution in [0.3, 0.4) is 0 Å². The molecule has 0 saturated heterocycles. The summed E-state index contributed by atoms with van der Waals surface area (Å²) in [5.41, 5.74) is -1.30. The Bertz CT molecular complexity index is 886. The molecular weight excluding hydrogens is 373 g/mol. The van der Waals surface area contributed by atoms with Gasteiger partial charge in [0.2, 0.25) is 11.8 Å². The fraction of sp³-hybridized carbons (Fsp3) is 0.250. The molecule has 0 radical (unpaired) electrons. The molecule has 0 fully saturated rings. The Morgan fingerprint density at radius 2 is 1.14 bits per heavy atom. The van der Waals surface area contributed by atoms with Crippen LogP contribution in [0.25, 0.3) is 0 Å². The predicted octanol–water partition coefficient (Wildman–Crippen LogP) is 4.51. The van der Waals surface area contributed by atoms with Gasteiger partial charge < -0.3 is 10.6 Å². The number of carbonyl (C=O) groups excluding carboxylic acids is 3. The Hall–Kier alpha value is -3.16. The highest BCUT2D eigenvalue weighted by atomic mass is 19.4. The van der Waals surface area contributed by atoms with Crippen LogP contribution in [0.2, 0.25) is 0 Å². The van der Waals surface area contributed by atoms with Crippen molar-refractivity contribution in [2.45, 2.75) is 26.9 Å². The number of anilines is 2. The summed E-state index contributed by atoms with van der Waals surface area (Å²) in [5, 5.41) is 5.02. The van der Waals surface area contributed by atoms with Crippen molar-refractivity contribution in [2.75, 3.05) is 10.6 Å². The zero-order valence-electron chi connectivity index (χ0n) is 15.5. The average Bonchev–Trinajstić information content (AvgIpc) is 2.61. The molecule has 0 saturated carbocycles. The molecule has 0 unspecified atom stereocenters. The fourth-order valence-corrected chi connectivity index (χ4v) is 2.21. The second-order valence-electron chi connectivity index (χ2n) is 6.74. The van der Waals surface area contributed by atoms with Crippen molar-refractivity contribution in [2.24, 2.45) is 5.41 Å². The van der Waals surface area contributed by atoms with E-state index in [0.29, 0.717) is 11.3 Å². The number of hydrogen-bond donors (Lipinski definition) is 2. The third-order valence-corrected chi connectivity index (χ3v) is 4.15. The summed E-state index contributed by atoms with van der Waals surface area (Å²) >= 11 is 0. The summed E-state index contributed by atoms with van der Waals surface area (Å²) in [5.74, 6) is -1.40. The van der Waals surface area contributed by atoms with Gasteiger partial charge in [-0.2, -0.15) is 13.2 Å². The first-order chi connectivity index (χ1) is 12.9. The van der Waals surface area contributed by atoms with E-state index in [0.717, 1.165) is 24.3 Å².